The molecule has 2 aromatic carbocycles. The number of aromatic amines is 1. The van der Waals surface area contributed by atoms with Crippen LogP contribution in [-0.2, 0) is 0 Å². The summed E-state index contributed by atoms with van der Waals surface area (Å²) in [6, 6.07) is 14.5. The maximum Gasteiger partial charge on any atom is 0.254 e. The third-order valence-corrected chi connectivity index (χ3v) is 4.66. The zero-order chi connectivity index (χ0) is 18.3. The largest absolute Gasteiger partial charge is 0.394 e. The van der Waals surface area contributed by atoms with E-state index in [-0.39, 0.29) is 12.5 Å². The maximum atomic E-state index is 13.0. The predicted molar refractivity (Wildman–Crippen MR) is 101 cm³/mol. The van der Waals surface area contributed by atoms with Crippen LogP contribution in [0.15, 0.2) is 48.5 Å². The van der Waals surface area contributed by atoms with E-state index < -0.39 is 12.1 Å². The molecule has 6 nitrogen and oxygen atoms in total. The number of carbonyl (C=O) groups excluding carboxylic acids is 1. The molecule has 2 aromatic heterocycles. The highest BCUT2D eigenvalue weighted by Crippen LogP contribution is 2.31. The molecule has 2 atom stereocenters. The Bertz CT molecular complexity index is 1120. The van der Waals surface area contributed by atoms with Gasteiger partial charge in [-0.2, -0.15) is 0 Å². The molecule has 0 spiro atoms. The van der Waals surface area contributed by atoms with E-state index in [1.165, 1.54) is 6.92 Å². The lowest BCUT2D eigenvalue weighted by Crippen LogP contribution is -2.44. The summed E-state index contributed by atoms with van der Waals surface area (Å²) >= 11 is 0. The molecule has 0 aliphatic heterocycles. The van der Waals surface area contributed by atoms with Gasteiger partial charge in [-0.1, -0.05) is 36.4 Å². The first-order valence-corrected chi connectivity index (χ1v) is 8.49. The first kappa shape index (κ1) is 16.5. The number of fused-ring (bicyclic) bond motifs is 4. The monoisotopic (exact) mass is 349 g/mol. The van der Waals surface area contributed by atoms with Gasteiger partial charge in [0.15, 0.2) is 0 Å². The fraction of sp³-hybridized carbons (Fsp3) is 0.200. The highest BCUT2D eigenvalue weighted by Gasteiger charge is 2.23. The second-order valence-corrected chi connectivity index (χ2v) is 6.40. The molecule has 4 rings (SSSR count). The van der Waals surface area contributed by atoms with Crippen molar-refractivity contribution >= 4 is 38.7 Å². The minimum Gasteiger partial charge on any atom is -0.394 e. The maximum absolute atomic E-state index is 13.0. The predicted octanol–water partition coefficient (Wildman–Crippen LogP) is 2.34. The number of H-pyrrole nitrogens is 1. The van der Waals surface area contributed by atoms with Crippen molar-refractivity contribution in [3.63, 3.8) is 0 Å². The summed E-state index contributed by atoms with van der Waals surface area (Å²) in [6.45, 7) is 1.19. The molecule has 4 aromatic rings. The van der Waals surface area contributed by atoms with E-state index in [0.29, 0.717) is 22.0 Å². The number of hydrogen-bond acceptors (Lipinski definition) is 4. The van der Waals surface area contributed by atoms with E-state index >= 15 is 0 Å². The van der Waals surface area contributed by atoms with Crippen LogP contribution in [0, 0.1) is 0 Å². The van der Waals surface area contributed by atoms with Crippen molar-refractivity contribution in [1.29, 1.82) is 0 Å². The third-order valence-electron chi connectivity index (χ3n) is 4.66. The van der Waals surface area contributed by atoms with Gasteiger partial charge in [-0.25, -0.2) is 4.98 Å². The number of aromatic nitrogens is 2. The number of hydrogen-bond donors (Lipinski definition) is 4. The summed E-state index contributed by atoms with van der Waals surface area (Å²) in [4.78, 5) is 21.1. The SMILES string of the molecule is C[C@@H](O)[C@H](CO)NC(=O)c1c2ccccc2nc2c1[nH]c1ccccc12. The number of benzene rings is 2. The summed E-state index contributed by atoms with van der Waals surface area (Å²) in [7, 11) is 0. The van der Waals surface area contributed by atoms with Crippen molar-refractivity contribution in [2.24, 2.45) is 0 Å². The van der Waals surface area contributed by atoms with Crippen molar-refractivity contribution < 1.29 is 15.0 Å². The lowest BCUT2D eigenvalue weighted by molar-refractivity contribution is 0.0760. The Morgan fingerprint density at radius 1 is 1.15 bits per heavy atom. The van der Waals surface area contributed by atoms with Crippen molar-refractivity contribution in [2.45, 2.75) is 19.1 Å². The Kier molecular flexibility index (Phi) is 4.06. The number of nitrogens with zero attached hydrogens (tertiary/aromatic N) is 1. The van der Waals surface area contributed by atoms with Crippen LogP contribution in [0.25, 0.3) is 32.8 Å². The highest BCUT2D eigenvalue weighted by molar-refractivity contribution is 6.20. The van der Waals surface area contributed by atoms with Crippen molar-refractivity contribution in [3.8, 4) is 0 Å². The molecule has 0 saturated heterocycles. The Hall–Kier alpha value is -2.96. The molecular formula is C20H19N3O3. The van der Waals surface area contributed by atoms with Crippen LogP contribution < -0.4 is 5.32 Å². The van der Waals surface area contributed by atoms with Gasteiger partial charge in [0, 0.05) is 16.3 Å². The van der Waals surface area contributed by atoms with Gasteiger partial charge < -0.3 is 20.5 Å². The van der Waals surface area contributed by atoms with E-state index in [1.54, 1.807) is 0 Å². The molecule has 4 N–H and O–H groups in total. The summed E-state index contributed by atoms with van der Waals surface area (Å²) in [5.41, 5.74) is 3.44. The van der Waals surface area contributed by atoms with Crippen LogP contribution in [0.3, 0.4) is 0 Å². The number of para-hydroxylation sites is 2. The molecule has 132 valence electrons. The smallest absolute Gasteiger partial charge is 0.254 e. The van der Waals surface area contributed by atoms with Crippen molar-refractivity contribution in [2.75, 3.05) is 6.61 Å². The van der Waals surface area contributed by atoms with Crippen molar-refractivity contribution in [1.82, 2.24) is 15.3 Å². The minimum absolute atomic E-state index is 0.345. The normalized spacial score (nSPS) is 14.0. The van der Waals surface area contributed by atoms with Crippen LogP contribution in [0.5, 0.6) is 0 Å². The molecule has 26 heavy (non-hydrogen) atoms. The van der Waals surface area contributed by atoms with Gasteiger partial charge >= 0.3 is 0 Å². The van der Waals surface area contributed by atoms with Gasteiger partial charge in [-0.3, -0.25) is 4.79 Å². The van der Waals surface area contributed by atoms with Gasteiger partial charge in [0.2, 0.25) is 0 Å². The number of aliphatic hydroxyl groups is 2. The van der Waals surface area contributed by atoms with Crippen LogP contribution in [-0.4, -0.2) is 44.8 Å². The molecule has 0 unspecified atom stereocenters. The molecule has 0 aliphatic rings. The van der Waals surface area contributed by atoms with Crippen LogP contribution in [0.2, 0.25) is 0 Å². The number of amides is 1. The van der Waals surface area contributed by atoms with E-state index in [9.17, 15) is 15.0 Å². The van der Waals surface area contributed by atoms with Gasteiger partial charge in [-0.05, 0) is 19.1 Å². The topological polar surface area (TPSA) is 98.2 Å². The fourth-order valence-corrected chi connectivity index (χ4v) is 3.26. The fourth-order valence-electron chi connectivity index (χ4n) is 3.26. The average Bonchev–Trinajstić information content (AvgIpc) is 3.01. The Morgan fingerprint density at radius 2 is 1.85 bits per heavy atom. The van der Waals surface area contributed by atoms with E-state index in [1.807, 2.05) is 48.5 Å². The van der Waals surface area contributed by atoms with Gasteiger partial charge in [0.05, 0.1) is 40.9 Å². The Morgan fingerprint density at radius 3 is 2.58 bits per heavy atom. The van der Waals surface area contributed by atoms with E-state index in [0.717, 1.165) is 16.4 Å². The third kappa shape index (κ3) is 2.60. The Balaban J connectivity index is 1.99. The number of carbonyl (C=O) groups is 1. The lowest BCUT2D eigenvalue weighted by Gasteiger charge is -2.19. The highest BCUT2D eigenvalue weighted by atomic mass is 16.3. The van der Waals surface area contributed by atoms with E-state index in [4.69, 9.17) is 4.98 Å². The Labute approximate surface area is 149 Å². The van der Waals surface area contributed by atoms with Gasteiger partial charge in [0.1, 0.15) is 0 Å². The number of rotatable bonds is 4. The number of nitrogens with one attached hydrogen (secondary N) is 2. The summed E-state index contributed by atoms with van der Waals surface area (Å²) in [5, 5.41) is 23.6. The molecule has 2 heterocycles. The van der Waals surface area contributed by atoms with Crippen LogP contribution >= 0.6 is 0 Å². The zero-order valence-corrected chi connectivity index (χ0v) is 14.2. The van der Waals surface area contributed by atoms with Crippen LogP contribution in [0.1, 0.15) is 17.3 Å². The van der Waals surface area contributed by atoms with Crippen LogP contribution in [0.4, 0.5) is 0 Å². The van der Waals surface area contributed by atoms with E-state index in [2.05, 4.69) is 10.3 Å². The summed E-state index contributed by atoms with van der Waals surface area (Å²) < 4.78 is 0. The van der Waals surface area contributed by atoms with Gasteiger partial charge in [0.25, 0.3) is 5.91 Å². The molecule has 0 saturated carbocycles. The molecule has 0 aliphatic carbocycles. The van der Waals surface area contributed by atoms with Gasteiger partial charge in [-0.15, -0.1) is 0 Å². The molecule has 0 bridgehead atoms. The molecule has 0 radical (unpaired) electrons. The number of aliphatic hydroxyl groups excluding tert-OH is 2. The average molecular weight is 349 g/mol. The molecule has 6 heteroatoms. The zero-order valence-electron chi connectivity index (χ0n) is 14.2. The van der Waals surface area contributed by atoms with Crippen molar-refractivity contribution in [3.05, 3.63) is 54.1 Å². The standard InChI is InChI=1S/C20H19N3O3/c1-11(25)16(10-24)23-20(26)17-12-6-2-4-8-14(12)21-18-13-7-3-5-9-15(13)22-19(17)18/h2-9,11,16,22,24-25H,10H2,1H3,(H,23,26)/t11-,16+/m1/s1. The minimum atomic E-state index is -0.866. The molecule has 0 fully saturated rings. The quantitative estimate of drug-likeness (QED) is 0.454. The number of pyridine rings is 1. The summed E-state index contributed by atoms with van der Waals surface area (Å²) in [6.07, 6.45) is -0.866. The first-order chi connectivity index (χ1) is 12.6. The second-order valence-electron chi connectivity index (χ2n) is 6.40. The second kappa shape index (κ2) is 6.40. The molecule has 1 amide bonds. The first-order valence-electron chi connectivity index (χ1n) is 8.49. The lowest BCUT2D eigenvalue weighted by atomic mass is 10.0. The summed E-state index contributed by atoms with van der Waals surface area (Å²) in [5.74, 6) is -0.361. The molecular weight excluding hydrogens is 330 g/mol.